The Morgan fingerprint density at radius 2 is 2.00 bits per heavy atom. The minimum absolute atomic E-state index is 0. The van der Waals surface area contributed by atoms with Gasteiger partial charge in [-0.2, -0.15) is 5.10 Å². The van der Waals surface area contributed by atoms with Gasteiger partial charge in [0, 0.05) is 51.0 Å². The maximum absolute atomic E-state index is 6.15. The summed E-state index contributed by atoms with van der Waals surface area (Å²) in [6.45, 7) is 12.4. The van der Waals surface area contributed by atoms with Gasteiger partial charge in [0.25, 0.3) is 0 Å². The first kappa shape index (κ1) is 24.0. The van der Waals surface area contributed by atoms with E-state index < -0.39 is 0 Å². The number of hydrogen-bond donors (Lipinski definition) is 1. The van der Waals surface area contributed by atoms with E-state index in [2.05, 4.69) is 71.3 Å². The number of hydrogen-bond acceptors (Lipinski definition) is 4. The van der Waals surface area contributed by atoms with Gasteiger partial charge in [-0.25, -0.2) is 4.99 Å². The third-order valence-corrected chi connectivity index (χ3v) is 6.33. The Kier molecular flexibility index (Phi) is 8.35. The number of fused-ring (bicyclic) bond motifs is 1. The van der Waals surface area contributed by atoms with E-state index in [1.54, 1.807) is 0 Å². The predicted octanol–water partition coefficient (Wildman–Crippen LogP) is 2.71. The molecule has 4 rings (SSSR count). The normalized spacial score (nSPS) is 21.7. The summed E-state index contributed by atoms with van der Waals surface area (Å²) in [4.78, 5) is 9.91. The first-order valence-electron chi connectivity index (χ1n) is 11.0. The number of halogens is 1. The molecule has 2 saturated heterocycles. The van der Waals surface area contributed by atoms with Gasteiger partial charge >= 0.3 is 0 Å². The number of nitrogens with one attached hydrogen (secondary N) is 1. The number of aromatic nitrogens is 2. The van der Waals surface area contributed by atoms with Crippen molar-refractivity contribution in [3.05, 3.63) is 52.8 Å². The Labute approximate surface area is 202 Å². The fourth-order valence-electron chi connectivity index (χ4n) is 4.57. The summed E-state index contributed by atoms with van der Waals surface area (Å²) in [5.74, 6) is 0.970. The van der Waals surface area contributed by atoms with E-state index in [4.69, 9.17) is 9.73 Å². The molecule has 1 aromatic carbocycles. The largest absolute Gasteiger partial charge is 0.373 e. The molecular formula is C23H35IN6O. The summed E-state index contributed by atoms with van der Waals surface area (Å²) in [6, 6.07) is 11.1. The van der Waals surface area contributed by atoms with Crippen LogP contribution in [0.3, 0.4) is 0 Å². The molecule has 8 heteroatoms. The number of guanidine groups is 1. The lowest BCUT2D eigenvalue weighted by atomic mass is 10.1. The van der Waals surface area contributed by atoms with Crippen LogP contribution < -0.4 is 5.32 Å². The van der Waals surface area contributed by atoms with Crippen molar-refractivity contribution in [1.29, 1.82) is 0 Å². The van der Waals surface area contributed by atoms with Crippen LogP contribution in [0.1, 0.15) is 29.4 Å². The Balaban J connectivity index is 0.00000272. The molecule has 31 heavy (non-hydrogen) atoms. The van der Waals surface area contributed by atoms with Gasteiger partial charge in [0.15, 0.2) is 5.96 Å². The maximum atomic E-state index is 6.15. The summed E-state index contributed by atoms with van der Waals surface area (Å²) in [6.07, 6.45) is 0.230. The van der Waals surface area contributed by atoms with Crippen LogP contribution in [0.5, 0.6) is 0 Å². The van der Waals surface area contributed by atoms with Gasteiger partial charge in [-0.05, 0) is 26.3 Å². The molecule has 0 spiro atoms. The van der Waals surface area contributed by atoms with Crippen LogP contribution in [0.25, 0.3) is 0 Å². The van der Waals surface area contributed by atoms with E-state index in [1.165, 1.54) is 16.8 Å². The van der Waals surface area contributed by atoms with Crippen LogP contribution in [0, 0.1) is 13.8 Å². The molecule has 2 atom stereocenters. The molecule has 2 aromatic rings. The van der Waals surface area contributed by atoms with Crippen LogP contribution in [0.2, 0.25) is 0 Å². The summed E-state index contributed by atoms with van der Waals surface area (Å²) in [5, 5.41) is 8.02. The number of aryl methyl sites for hydroxylation is 2. The molecule has 1 N–H and O–H groups in total. The van der Waals surface area contributed by atoms with Crippen molar-refractivity contribution in [3.63, 3.8) is 0 Å². The summed E-state index contributed by atoms with van der Waals surface area (Å²) in [7, 11) is 1.99. The van der Waals surface area contributed by atoms with Gasteiger partial charge in [-0.3, -0.25) is 9.58 Å². The lowest BCUT2D eigenvalue weighted by Gasteiger charge is -2.36. The average molecular weight is 538 g/mol. The van der Waals surface area contributed by atoms with E-state index in [0.29, 0.717) is 12.6 Å². The van der Waals surface area contributed by atoms with E-state index in [9.17, 15) is 0 Å². The van der Waals surface area contributed by atoms with Gasteiger partial charge in [-0.15, -0.1) is 24.0 Å². The number of benzene rings is 1. The maximum Gasteiger partial charge on any atom is 0.194 e. The molecular weight excluding hydrogens is 503 g/mol. The molecule has 2 fully saturated rings. The molecule has 3 heterocycles. The molecule has 170 valence electrons. The molecule has 7 nitrogen and oxygen atoms in total. The van der Waals surface area contributed by atoms with Gasteiger partial charge < -0.3 is 15.0 Å². The SMILES string of the molecule is CCNC(=NCc1c(C)nn(C)c1C)N1CC2OCCN(Cc3ccccc3)C2C1.I. The lowest BCUT2D eigenvalue weighted by molar-refractivity contribution is -0.0502. The number of rotatable bonds is 5. The quantitative estimate of drug-likeness (QED) is 0.361. The first-order chi connectivity index (χ1) is 14.6. The Bertz CT molecular complexity index is 884. The van der Waals surface area contributed by atoms with E-state index in [1.807, 2.05) is 11.7 Å². The number of morpholine rings is 1. The van der Waals surface area contributed by atoms with Gasteiger partial charge in [0.05, 0.1) is 31.0 Å². The van der Waals surface area contributed by atoms with Crippen molar-refractivity contribution in [3.8, 4) is 0 Å². The number of aliphatic imine (C=N–C) groups is 1. The van der Waals surface area contributed by atoms with E-state index in [-0.39, 0.29) is 30.1 Å². The van der Waals surface area contributed by atoms with Gasteiger partial charge in [0.1, 0.15) is 0 Å². The van der Waals surface area contributed by atoms with Gasteiger partial charge in [-0.1, -0.05) is 30.3 Å². The van der Waals surface area contributed by atoms with Crippen molar-refractivity contribution in [1.82, 2.24) is 24.9 Å². The second kappa shape index (κ2) is 10.8. The monoisotopic (exact) mass is 538 g/mol. The number of likely N-dealkylation sites (tertiary alicyclic amines) is 1. The van der Waals surface area contributed by atoms with Crippen LogP contribution in [0.4, 0.5) is 0 Å². The van der Waals surface area contributed by atoms with E-state index >= 15 is 0 Å². The topological polar surface area (TPSA) is 57.9 Å². The van der Waals surface area contributed by atoms with Crippen molar-refractivity contribution >= 4 is 29.9 Å². The predicted molar refractivity (Wildman–Crippen MR) is 135 cm³/mol. The highest BCUT2D eigenvalue weighted by Crippen LogP contribution is 2.25. The van der Waals surface area contributed by atoms with Crippen LogP contribution in [-0.4, -0.2) is 70.5 Å². The highest BCUT2D eigenvalue weighted by Gasteiger charge is 2.41. The fraction of sp³-hybridized carbons (Fsp3) is 0.565. The molecule has 0 amide bonds. The van der Waals surface area contributed by atoms with Crippen LogP contribution in [-0.2, 0) is 24.9 Å². The Morgan fingerprint density at radius 3 is 2.68 bits per heavy atom. The third-order valence-electron chi connectivity index (χ3n) is 6.33. The summed E-state index contributed by atoms with van der Waals surface area (Å²) < 4.78 is 8.09. The van der Waals surface area contributed by atoms with Crippen LogP contribution >= 0.6 is 24.0 Å². The summed E-state index contributed by atoms with van der Waals surface area (Å²) in [5.41, 5.74) is 4.81. The van der Waals surface area contributed by atoms with Crippen molar-refractivity contribution in [2.75, 3.05) is 32.8 Å². The zero-order valence-electron chi connectivity index (χ0n) is 19.0. The molecule has 2 aliphatic heterocycles. The van der Waals surface area contributed by atoms with Crippen LogP contribution in [0.15, 0.2) is 35.3 Å². The molecule has 2 unspecified atom stereocenters. The molecule has 0 aliphatic carbocycles. The zero-order chi connectivity index (χ0) is 21.1. The molecule has 0 bridgehead atoms. The molecule has 0 radical (unpaired) electrons. The highest BCUT2D eigenvalue weighted by molar-refractivity contribution is 14.0. The molecule has 1 aromatic heterocycles. The second-order valence-corrected chi connectivity index (χ2v) is 8.28. The number of nitrogens with zero attached hydrogens (tertiary/aromatic N) is 5. The van der Waals surface area contributed by atoms with Crippen molar-refractivity contribution in [2.24, 2.45) is 12.0 Å². The standard InChI is InChI=1S/C23H34N6O.HI/c1-5-24-23(25-13-20-17(2)26-27(4)18(20)3)29-15-21-22(16-29)30-12-11-28(21)14-19-9-7-6-8-10-19;/h6-10,21-22H,5,11-16H2,1-4H3,(H,24,25);1H. The Hall–Kier alpha value is -1.65. The fourth-order valence-corrected chi connectivity index (χ4v) is 4.57. The number of ether oxygens (including phenoxy) is 1. The smallest absolute Gasteiger partial charge is 0.194 e. The minimum Gasteiger partial charge on any atom is -0.373 e. The molecule has 0 saturated carbocycles. The summed E-state index contributed by atoms with van der Waals surface area (Å²) >= 11 is 0. The second-order valence-electron chi connectivity index (χ2n) is 8.28. The third kappa shape index (κ3) is 5.40. The van der Waals surface area contributed by atoms with Gasteiger partial charge in [0.2, 0.25) is 0 Å². The minimum atomic E-state index is 0. The Morgan fingerprint density at radius 1 is 1.23 bits per heavy atom. The first-order valence-corrected chi connectivity index (χ1v) is 11.0. The van der Waals surface area contributed by atoms with E-state index in [0.717, 1.165) is 51.0 Å². The van der Waals surface area contributed by atoms with Crippen molar-refractivity contribution in [2.45, 2.75) is 46.0 Å². The average Bonchev–Trinajstić information content (AvgIpc) is 3.28. The van der Waals surface area contributed by atoms with Crippen molar-refractivity contribution < 1.29 is 4.74 Å². The zero-order valence-corrected chi connectivity index (χ0v) is 21.4. The molecule has 2 aliphatic rings. The lowest BCUT2D eigenvalue weighted by Crippen LogP contribution is -2.50. The highest BCUT2D eigenvalue weighted by atomic mass is 127.